The molecule has 1 rings (SSSR count). The molecule has 1 aliphatic carbocycles. The van der Waals surface area contributed by atoms with Gasteiger partial charge in [0.25, 0.3) is 5.91 Å². The molecule has 0 aromatic rings. The smallest absolute Gasteiger partial charge is 0.410 e. The first-order valence-corrected chi connectivity index (χ1v) is 9.94. The van der Waals surface area contributed by atoms with Gasteiger partial charge in [-0.15, -0.1) is 0 Å². The van der Waals surface area contributed by atoms with Crippen LogP contribution in [0.25, 0.3) is 0 Å². The highest BCUT2D eigenvalue weighted by atomic mass is 16.7. The second-order valence-electron chi connectivity index (χ2n) is 8.71. The van der Waals surface area contributed by atoms with E-state index in [9.17, 15) is 14.4 Å². The van der Waals surface area contributed by atoms with Gasteiger partial charge < -0.3 is 14.3 Å². The van der Waals surface area contributed by atoms with E-state index in [1.165, 1.54) is 11.9 Å². The molecule has 162 valence electrons. The fraction of sp³-hybridized carbons (Fsp3) is 0.850. The van der Waals surface area contributed by atoms with Gasteiger partial charge in [-0.3, -0.25) is 9.69 Å². The van der Waals surface area contributed by atoms with Gasteiger partial charge in [0.15, 0.2) is 0 Å². The van der Waals surface area contributed by atoms with Crippen molar-refractivity contribution in [2.24, 2.45) is 11.8 Å². The van der Waals surface area contributed by atoms with E-state index < -0.39 is 29.6 Å². The Morgan fingerprint density at radius 2 is 1.75 bits per heavy atom. The average molecular weight is 401 g/mol. The molecule has 0 saturated heterocycles. The zero-order chi connectivity index (χ0) is 21.5. The number of likely N-dealkylation sites (N-methyl/N-ethyl adjacent to an activating group) is 1. The molecular weight excluding hydrogens is 364 g/mol. The van der Waals surface area contributed by atoms with Crippen molar-refractivity contribution in [3.8, 4) is 0 Å². The minimum atomic E-state index is -0.788. The Morgan fingerprint density at radius 3 is 2.21 bits per heavy atom. The monoisotopic (exact) mass is 400 g/mol. The number of methoxy groups -OCH3 is 1. The summed E-state index contributed by atoms with van der Waals surface area (Å²) in [5, 5.41) is 1.09. The lowest BCUT2D eigenvalue weighted by Gasteiger charge is -2.33. The largest absolute Gasteiger partial charge is 0.444 e. The van der Waals surface area contributed by atoms with Crippen molar-refractivity contribution in [2.45, 2.75) is 71.9 Å². The highest BCUT2D eigenvalue weighted by Gasteiger charge is 2.38. The highest BCUT2D eigenvalue weighted by molar-refractivity contribution is 5.86. The summed E-state index contributed by atoms with van der Waals surface area (Å²) >= 11 is 0. The van der Waals surface area contributed by atoms with E-state index >= 15 is 0 Å². The Bertz CT molecular complexity index is 539. The van der Waals surface area contributed by atoms with Gasteiger partial charge in [-0.25, -0.2) is 9.59 Å². The molecule has 1 atom stereocenters. The van der Waals surface area contributed by atoms with Crippen LogP contribution in [0.4, 0.5) is 4.79 Å². The SMILES string of the molecule is COCCCN(OC(=O)C1CC1)C(=O)[C@H](CC(C)C)N(C)C(=O)OC(C)(C)C. The van der Waals surface area contributed by atoms with Crippen LogP contribution in [-0.4, -0.2) is 66.9 Å². The third-order valence-electron chi connectivity index (χ3n) is 4.20. The molecule has 0 radical (unpaired) electrons. The zero-order valence-electron chi connectivity index (χ0n) is 18.3. The van der Waals surface area contributed by atoms with Crippen LogP contribution in [-0.2, 0) is 23.9 Å². The molecule has 1 saturated carbocycles. The molecule has 1 fully saturated rings. The van der Waals surface area contributed by atoms with Crippen molar-refractivity contribution in [1.82, 2.24) is 9.96 Å². The van der Waals surface area contributed by atoms with Crippen molar-refractivity contribution in [3.05, 3.63) is 0 Å². The number of hydroxylamine groups is 2. The highest BCUT2D eigenvalue weighted by Crippen LogP contribution is 2.30. The fourth-order valence-electron chi connectivity index (χ4n) is 2.55. The number of nitrogens with zero attached hydrogens (tertiary/aromatic N) is 2. The number of amides is 2. The van der Waals surface area contributed by atoms with Crippen LogP contribution in [0.3, 0.4) is 0 Å². The maximum Gasteiger partial charge on any atom is 0.410 e. The molecule has 8 heteroatoms. The lowest BCUT2D eigenvalue weighted by molar-refractivity contribution is -0.203. The van der Waals surface area contributed by atoms with Crippen molar-refractivity contribution < 1.29 is 28.7 Å². The van der Waals surface area contributed by atoms with E-state index in [2.05, 4.69) is 0 Å². The number of ether oxygens (including phenoxy) is 2. The molecule has 0 spiro atoms. The van der Waals surface area contributed by atoms with E-state index in [0.29, 0.717) is 19.4 Å². The van der Waals surface area contributed by atoms with Gasteiger partial charge in [0.2, 0.25) is 0 Å². The Kier molecular flexibility index (Phi) is 9.20. The molecule has 0 N–H and O–H groups in total. The summed E-state index contributed by atoms with van der Waals surface area (Å²) in [6, 6.07) is -0.788. The first kappa shape index (κ1) is 24.2. The maximum atomic E-state index is 13.2. The van der Waals surface area contributed by atoms with E-state index in [4.69, 9.17) is 14.3 Å². The van der Waals surface area contributed by atoms with Crippen LogP contribution in [0.1, 0.15) is 60.3 Å². The van der Waals surface area contributed by atoms with Crippen LogP contribution in [0, 0.1) is 11.8 Å². The Balaban J connectivity index is 2.95. The quantitative estimate of drug-likeness (QED) is 0.437. The molecule has 0 aromatic heterocycles. The lowest BCUT2D eigenvalue weighted by atomic mass is 10.0. The summed E-state index contributed by atoms with van der Waals surface area (Å²) in [5.41, 5.74) is -0.673. The molecule has 8 nitrogen and oxygen atoms in total. The number of rotatable bonds is 9. The molecular formula is C20H36N2O6. The second kappa shape index (κ2) is 10.6. The average Bonchev–Trinajstić information content (AvgIpc) is 3.41. The molecule has 2 amide bonds. The summed E-state index contributed by atoms with van der Waals surface area (Å²) in [6.45, 7) is 9.89. The van der Waals surface area contributed by atoms with Gasteiger partial charge >= 0.3 is 12.1 Å². The molecule has 1 aliphatic rings. The van der Waals surface area contributed by atoms with E-state index in [1.807, 2.05) is 13.8 Å². The van der Waals surface area contributed by atoms with Crippen LogP contribution in [0.15, 0.2) is 0 Å². The lowest BCUT2D eigenvalue weighted by Crippen LogP contribution is -2.51. The van der Waals surface area contributed by atoms with Crippen molar-refractivity contribution in [2.75, 3.05) is 27.3 Å². The molecule has 28 heavy (non-hydrogen) atoms. The molecule has 0 aromatic carbocycles. The van der Waals surface area contributed by atoms with Gasteiger partial charge in [-0.1, -0.05) is 13.8 Å². The topological polar surface area (TPSA) is 85.4 Å². The summed E-state index contributed by atoms with van der Waals surface area (Å²) < 4.78 is 10.4. The van der Waals surface area contributed by atoms with Crippen molar-refractivity contribution in [3.63, 3.8) is 0 Å². The minimum Gasteiger partial charge on any atom is -0.444 e. The fourth-order valence-corrected chi connectivity index (χ4v) is 2.55. The van der Waals surface area contributed by atoms with Gasteiger partial charge in [0, 0.05) is 20.8 Å². The summed E-state index contributed by atoms with van der Waals surface area (Å²) in [5.74, 6) is -0.801. The second-order valence-corrected chi connectivity index (χ2v) is 8.71. The maximum absolute atomic E-state index is 13.2. The van der Waals surface area contributed by atoms with E-state index in [-0.39, 0.29) is 18.4 Å². The van der Waals surface area contributed by atoms with Gasteiger partial charge in [-0.2, -0.15) is 5.06 Å². The van der Waals surface area contributed by atoms with Crippen LogP contribution in [0.5, 0.6) is 0 Å². The Labute approximate surface area is 168 Å². The van der Waals surface area contributed by atoms with Gasteiger partial charge in [0.05, 0.1) is 12.5 Å². The van der Waals surface area contributed by atoms with Crippen LogP contribution in [0.2, 0.25) is 0 Å². The Hall–Kier alpha value is -1.83. The number of carbonyl (C=O) groups excluding carboxylic acids is 3. The van der Waals surface area contributed by atoms with Crippen molar-refractivity contribution in [1.29, 1.82) is 0 Å². The summed E-state index contributed by atoms with van der Waals surface area (Å²) in [6.07, 6.45) is 1.93. The third kappa shape index (κ3) is 8.46. The summed E-state index contributed by atoms with van der Waals surface area (Å²) in [7, 11) is 3.11. The van der Waals surface area contributed by atoms with E-state index in [1.54, 1.807) is 27.9 Å². The third-order valence-corrected chi connectivity index (χ3v) is 4.20. The van der Waals surface area contributed by atoms with Crippen LogP contribution < -0.4 is 0 Å². The summed E-state index contributed by atoms with van der Waals surface area (Å²) in [4.78, 5) is 44.6. The first-order valence-electron chi connectivity index (χ1n) is 9.94. The Morgan fingerprint density at radius 1 is 1.14 bits per heavy atom. The van der Waals surface area contributed by atoms with Crippen molar-refractivity contribution >= 4 is 18.0 Å². The van der Waals surface area contributed by atoms with Crippen LogP contribution >= 0.6 is 0 Å². The molecule has 0 heterocycles. The zero-order valence-corrected chi connectivity index (χ0v) is 18.3. The van der Waals surface area contributed by atoms with E-state index in [0.717, 1.165) is 17.9 Å². The van der Waals surface area contributed by atoms with Gasteiger partial charge in [-0.05, 0) is 52.4 Å². The minimum absolute atomic E-state index is 0.134. The molecule has 0 aliphatic heterocycles. The molecule has 0 unspecified atom stereocenters. The first-order chi connectivity index (χ1) is 13.0. The number of hydrogen-bond acceptors (Lipinski definition) is 6. The standard InChI is InChI=1S/C20H36N2O6/c1-14(2)13-16(21(6)19(25)27-20(3,4)5)17(23)22(11-8-12-26-7)28-18(24)15-9-10-15/h14-16H,8-13H2,1-7H3/t16-/m0/s1. The predicted octanol–water partition coefficient (Wildman–Crippen LogP) is 3.00. The predicted molar refractivity (Wildman–Crippen MR) is 104 cm³/mol. The van der Waals surface area contributed by atoms with Gasteiger partial charge in [0.1, 0.15) is 11.6 Å². The number of hydrogen-bond donors (Lipinski definition) is 0. The normalized spacial score (nSPS) is 15.1. The number of carbonyl (C=O) groups is 3. The molecule has 0 bridgehead atoms.